The van der Waals surface area contributed by atoms with Crippen LogP contribution in [0.25, 0.3) is 22.0 Å². The maximum absolute atomic E-state index is 16.4. The number of alkyl halides is 3. The molecule has 3 aliphatic heterocycles. The highest BCUT2D eigenvalue weighted by Crippen LogP contribution is 2.47. The number of ether oxygens (including phenoxy) is 2. The molecule has 3 N–H and O–H groups in total. The third kappa shape index (κ3) is 3.62. The molecule has 3 aromatic heterocycles. The molecule has 13 heteroatoms. The van der Waals surface area contributed by atoms with Crippen molar-refractivity contribution < 1.29 is 31.8 Å². The number of fused-ring (bicyclic) bond motifs is 5. The second-order valence-corrected chi connectivity index (χ2v) is 10.4. The Morgan fingerprint density at radius 3 is 2.64 bits per heavy atom. The summed E-state index contributed by atoms with van der Waals surface area (Å²) in [6, 6.07) is 0.537. The van der Waals surface area contributed by atoms with E-state index in [1.165, 1.54) is 14.0 Å². The van der Waals surface area contributed by atoms with E-state index < -0.39 is 40.3 Å². The number of carbonyl (C=O) groups excluding carboxylic acids is 1. The standard InChI is InChI=1S/C26H26F4N6O3/c1-10-11(2)33-22-18-17(10)20(27)21(13-7-16(31)32-12(3)19(13)26(28,29)30)34-23(18)39-8-15-14-5-6-25(35-14,9-36(15)22)24(37)38-4/h7,14-15,35H,5-6,8-9H2,1-4H3,(H2,31,32). The van der Waals surface area contributed by atoms with Crippen molar-refractivity contribution in [1.82, 2.24) is 20.3 Å². The number of anilines is 2. The second kappa shape index (κ2) is 8.38. The van der Waals surface area contributed by atoms with Gasteiger partial charge in [0.25, 0.3) is 0 Å². The fourth-order valence-electron chi connectivity index (χ4n) is 6.28. The number of pyridine rings is 3. The average molecular weight is 547 g/mol. The lowest BCUT2D eigenvalue weighted by atomic mass is 9.95. The lowest BCUT2D eigenvalue weighted by Crippen LogP contribution is -2.68. The number of halogens is 4. The summed E-state index contributed by atoms with van der Waals surface area (Å²) >= 11 is 0. The summed E-state index contributed by atoms with van der Waals surface area (Å²) in [6.45, 7) is 4.82. The minimum atomic E-state index is -4.83. The number of nitrogens with zero attached hydrogens (tertiary/aromatic N) is 4. The molecule has 2 fully saturated rings. The van der Waals surface area contributed by atoms with Crippen molar-refractivity contribution in [3.63, 3.8) is 0 Å². The highest BCUT2D eigenvalue weighted by atomic mass is 19.4. The molecule has 0 radical (unpaired) electrons. The number of nitrogen functional groups attached to an aromatic ring is 1. The minimum absolute atomic E-state index is 0.0365. The van der Waals surface area contributed by atoms with Crippen LogP contribution in [0.5, 0.6) is 5.88 Å². The molecule has 206 valence electrons. The Kier molecular flexibility index (Phi) is 5.48. The molecular formula is C26H26F4N6O3. The molecule has 0 aromatic carbocycles. The maximum atomic E-state index is 16.4. The molecule has 6 rings (SSSR count). The Morgan fingerprint density at radius 2 is 1.95 bits per heavy atom. The van der Waals surface area contributed by atoms with Gasteiger partial charge in [-0.3, -0.25) is 5.32 Å². The smallest absolute Gasteiger partial charge is 0.418 e. The van der Waals surface area contributed by atoms with Gasteiger partial charge in [0, 0.05) is 29.2 Å². The molecule has 2 bridgehead atoms. The number of hydrogen-bond donors (Lipinski definition) is 2. The van der Waals surface area contributed by atoms with Gasteiger partial charge in [-0.1, -0.05) is 0 Å². The van der Waals surface area contributed by atoms with E-state index in [1.54, 1.807) is 13.8 Å². The summed E-state index contributed by atoms with van der Waals surface area (Å²) in [5.74, 6) is -1.22. The van der Waals surface area contributed by atoms with E-state index in [0.717, 1.165) is 6.07 Å². The number of aryl methyl sites for hydroxylation is 3. The predicted octanol–water partition coefficient (Wildman–Crippen LogP) is 3.60. The number of nitrogens with two attached hydrogens (primary N) is 1. The summed E-state index contributed by atoms with van der Waals surface area (Å²) in [6.07, 6.45) is -3.62. The van der Waals surface area contributed by atoms with E-state index in [9.17, 15) is 18.0 Å². The normalized spacial score (nSPS) is 23.8. The van der Waals surface area contributed by atoms with E-state index in [-0.39, 0.29) is 53.4 Å². The van der Waals surface area contributed by atoms with Gasteiger partial charge in [-0.25, -0.2) is 24.1 Å². The zero-order valence-corrected chi connectivity index (χ0v) is 21.7. The summed E-state index contributed by atoms with van der Waals surface area (Å²) in [5, 5.41) is 3.69. The molecule has 3 aromatic rings. The van der Waals surface area contributed by atoms with Crippen LogP contribution in [0.15, 0.2) is 6.07 Å². The fraction of sp³-hybridized carbons (Fsp3) is 0.462. The first-order valence-electron chi connectivity index (χ1n) is 12.5. The molecule has 6 heterocycles. The van der Waals surface area contributed by atoms with Crippen LogP contribution in [0.3, 0.4) is 0 Å². The van der Waals surface area contributed by atoms with Crippen LogP contribution in [-0.2, 0) is 15.7 Å². The molecule has 3 unspecified atom stereocenters. The SMILES string of the molecule is COC(=O)C12CCC(N1)C1COc3nc(-c4cc(N)nc(C)c4C(F)(F)F)c(F)c4c(C)c(C)nc(c34)N1C2. The zero-order chi connectivity index (χ0) is 28.0. The van der Waals surface area contributed by atoms with Crippen LogP contribution >= 0.6 is 0 Å². The van der Waals surface area contributed by atoms with Gasteiger partial charge in [-0.05, 0) is 45.2 Å². The Labute approximate surface area is 220 Å². The van der Waals surface area contributed by atoms with Gasteiger partial charge in [0.15, 0.2) is 5.82 Å². The largest absolute Gasteiger partial charge is 0.475 e. The number of hydrogen-bond acceptors (Lipinski definition) is 9. The summed E-state index contributed by atoms with van der Waals surface area (Å²) in [7, 11) is 1.33. The molecule has 3 atom stereocenters. The Balaban J connectivity index is 1.63. The van der Waals surface area contributed by atoms with Gasteiger partial charge in [-0.15, -0.1) is 0 Å². The van der Waals surface area contributed by atoms with Crippen molar-refractivity contribution in [3.8, 4) is 17.1 Å². The number of esters is 1. The van der Waals surface area contributed by atoms with Crippen molar-refractivity contribution >= 4 is 28.4 Å². The number of piperazine rings is 1. The monoisotopic (exact) mass is 546 g/mol. The van der Waals surface area contributed by atoms with Crippen molar-refractivity contribution in [2.75, 3.05) is 30.9 Å². The Hall–Kier alpha value is -3.74. The summed E-state index contributed by atoms with van der Waals surface area (Å²) < 4.78 is 70.1. The quantitative estimate of drug-likeness (QED) is 0.368. The van der Waals surface area contributed by atoms with Gasteiger partial charge < -0.3 is 20.1 Å². The molecule has 0 amide bonds. The molecule has 3 aliphatic rings. The minimum Gasteiger partial charge on any atom is -0.475 e. The molecule has 0 aliphatic carbocycles. The van der Waals surface area contributed by atoms with Crippen molar-refractivity contribution in [2.24, 2.45) is 0 Å². The van der Waals surface area contributed by atoms with Crippen LogP contribution < -0.4 is 20.7 Å². The Bertz CT molecular complexity index is 1560. The van der Waals surface area contributed by atoms with Crippen molar-refractivity contribution in [2.45, 2.75) is 57.4 Å². The van der Waals surface area contributed by atoms with Gasteiger partial charge in [0.05, 0.1) is 29.8 Å². The fourth-order valence-corrected chi connectivity index (χ4v) is 6.28. The number of aromatic nitrogens is 3. The molecule has 0 spiro atoms. The van der Waals surface area contributed by atoms with Crippen LogP contribution in [0.2, 0.25) is 0 Å². The third-order valence-electron chi connectivity index (χ3n) is 8.17. The Morgan fingerprint density at radius 1 is 1.21 bits per heavy atom. The number of carbonyl (C=O) groups is 1. The molecule has 39 heavy (non-hydrogen) atoms. The molecule has 0 saturated carbocycles. The van der Waals surface area contributed by atoms with Crippen LogP contribution in [-0.4, -0.2) is 58.8 Å². The highest BCUT2D eigenvalue weighted by molar-refractivity contribution is 6.02. The van der Waals surface area contributed by atoms with Crippen LogP contribution in [0.4, 0.5) is 29.2 Å². The topological polar surface area (TPSA) is 115 Å². The number of nitrogens with one attached hydrogen (secondary N) is 1. The predicted molar refractivity (Wildman–Crippen MR) is 134 cm³/mol. The van der Waals surface area contributed by atoms with E-state index in [4.69, 9.17) is 20.2 Å². The summed E-state index contributed by atoms with van der Waals surface area (Å²) in [5.41, 5.74) is 3.19. The van der Waals surface area contributed by atoms with E-state index in [2.05, 4.69) is 15.3 Å². The molecular weight excluding hydrogens is 520 g/mol. The van der Waals surface area contributed by atoms with Gasteiger partial charge in [-0.2, -0.15) is 13.2 Å². The average Bonchev–Trinajstić information content (AvgIpc) is 3.14. The van der Waals surface area contributed by atoms with Crippen LogP contribution in [0, 0.1) is 26.6 Å². The van der Waals surface area contributed by atoms with Gasteiger partial charge in [0.2, 0.25) is 5.88 Å². The lowest BCUT2D eigenvalue weighted by molar-refractivity contribution is -0.148. The highest BCUT2D eigenvalue weighted by Gasteiger charge is 2.56. The summed E-state index contributed by atoms with van der Waals surface area (Å²) in [4.78, 5) is 27.6. The number of methoxy groups -OCH3 is 1. The lowest BCUT2D eigenvalue weighted by Gasteiger charge is -2.44. The van der Waals surface area contributed by atoms with Gasteiger partial charge in [0.1, 0.15) is 29.5 Å². The molecule has 9 nitrogen and oxygen atoms in total. The first kappa shape index (κ1) is 25.5. The zero-order valence-electron chi connectivity index (χ0n) is 21.7. The van der Waals surface area contributed by atoms with Crippen molar-refractivity contribution in [1.29, 1.82) is 0 Å². The first-order chi connectivity index (χ1) is 18.4. The molecule has 2 saturated heterocycles. The van der Waals surface area contributed by atoms with Gasteiger partial charge >= 0.3 is 12.1 Å². The second-order valence-electron chi connectivity index (χ2n) is 10.4. The maximum Gasteiger partial charge on any atom is 0.418 e. The van der Waals surface area contributed by atoms with E-state index in [1.807, 2.05) is 4.90 Å². The number of rotatable bonds is 2. The van der Waals surface area contributed by atoms with Crippen molar-refractivity contribution in [3.05, 3.63) is 34.4 Å². The van der Waals surface area contributed by atoms with E-state index in [0.29, 0.717) is 29.9 Å². The first-order valence-corrected chi connectivity index (χ1v) is 12.5. The van der Waals surface area contributed by atoms with Crippen LogP contribution in [0.1, 0.15) is 35.4 Å². The third-order valence-corrected chi connectivity index (χ3v) is 8.17. The van der Waals surface area contributed by atoms with E-state index >= 15 is 4.39 Å².